The fourth-order valence-corrected chi connectivity index (χ4v) is 12.1. The van der Waals surface area contributed by atoms with Gasteiger partial charge in [0.1, 0.15) is 0 Å². The number of benzene rings is 8. The van der Waals surface area contributed by atoms with Crippen LogP contribution in [0, 0.1) is 11.8 Å². The highest BCUT2D eigenvalue weighted by molar-refractivity contribution is 5.91. The van der Waals surface area contributed by atoms with Gasteiger partial charge in [-0.1, -0.05) is 184 Å². The molecule has 0 aliphatic heterocycles. The van der Waals surface area contributed by atoms with Crippen LogP contribution >= 0.6 is 0 Å². The van der Waals surface area contributed by atoms with Gasteiger partial charge < -0.3 is 4.90 Å². The molecule has 12 rings (SSSR count). The van der Waals surface area contributed by atoms with Gasteiger partial charge in [0.2, 0.25) is 0 Å². The molecule has 0 amide bonds. The van der Waals surface area contributed by atoms with Crippen LogP contribution in [0.3, 0.4) is 0 Å². The molecule has 1 nitrogen and oxygen atoms in total. The molecule has 0 N–H and O–H groups in total. The van der Waals surface area contributed by atoms with E-state index in [2.05, 4.69) is 220 Å². The van der Waals surface area contributed by atoms with Gasteiger partial charge >= 0.3 is 0 Å². The van der Waals surface area contributed by atoms with E-state index in [0.717, 1.165) is 23.0 Å². The van der Waals surface area contributed by atoms with Crippen molar-refractivity contribution >= 4 is 17.1 Å². The SMILES string of the molecule is CC1C=C2CC(CCC23c2ccccc2-c2ccc(-c4ccc(-c5ccc(N(c6ccc7c(c6)C(C)(C)c6ccccc6-7)c6ccccc6-c6ccccc6)cc5)cc4)cc23)C1. The summed E-state index contributed by atoms with van der Waals surface area (Å²) >= 11 is 0. The molecule has 62 heavy (non-hydrogen) atoms. The minimum absolute atomic E-state index is 0.00525. The van der Waals surface area contributed by atoms with Crippen LogP contribution < -0.4 is 4.90 Å². The molecule has 4 aliphatic carbocycles. The van der Waals surface area contributed by atoms with E-state index in [1.54, 1.807) is 5.57 Å². The molecule has 3 atom stereocenters. The zero-order valence-electron chi connectivity index (χ0n) is 35.9. The second kappa shape index (κ2) is 14.2. The summed E-state index contributed by atoms with van der Waals surface area (Å²) in [5.41, 5.74) is 23.8. The maximum absolute atomic E-state index is 2.64. The molecular formula is C61H51N. The summed E-state index contributed by atoms with van der Waals surface area (Å²) < 4.78 is 0. The lowest BCUT2D eigenvalue weighted by Gasteiger charge is -2.45. The van der Waals surface area contributed by atoms with Gasteiger partial charge in [-0.15, -0.1) is 0 Å². The Morgan fingerprint density at radius 2 is 1.00 bits per heavy atom. The number of hydrogen-bond donors (Lipinski definition) is 0. The second-order valence-electron chi connectivity index (χ2n) is 19.0. The molecule has 3 unspecified atom stereocenters. The maximum Gasteiger partial charge on any atom is 0.0540 e. The fourth-order valence-electron chi connectivity index (χ4n) is 12.1. The Morgan fingerprint density at radius 1 is 0.452 bits per heavy atom. The Bertz CT molecular complexity index is 3060. The number of rotatable bonds is 6. The lowest BCUT2D eigenvalue weighted by atomic mass is 9.58. The number of fused-ring (bicyclic) bond motifs is 11. The van der Waals surface area contributed by atoms with E-state index in [0.29, 0.717) is 5.92 Å². The molecular weight excluding hydrogens is 747 g/mol. The Hall–Kier alpha value is -6.70. The number of hydrogen-bond acceptors (Lipinski definition) is 1. The van der Waals surface area contributed by atoms with Crippen LogP contribution in [-0.2, 0) is 10.8 Å². The number of para-hydroxylation sites is 1. The van der Waals surface area contributed by atoms with E-state index in [-0.39, 0.29) is 10.8 Å². The normalized spacial score (nSPS) is 19.9. The molecule has 4 aliphatic rings. The Labute approximate surface area is 367 Å². The standard InChI is InChI=1S/C61H51N/c1-40-35-41-33-34-61(47(36-40)37-41)56-19-11-8-17-52(56)54-31-27-46(38-58(54)61)44-23-21-42(22-24-44)43-25-28-48(29-26-43)62(59-20-12-9-15-50(59)45-13-5-4-6-14-45)49-30-32-53-51-16-7-10-18-55(51)60(2,3)57(53)39-49/h4-32,36,38-41H,33-35,37H2,1-3H3. The summed E-state index contributed by atoms with van der Waals surface area (Å²) in [6.07, 6.45) is 7.75. The van der Waals surface area contributed by atoms with Crippen LogP contribution in [-0.4, -0.2) is 0 Å². The van der Waals surface area contributed by atoms with Crippen LogP contribution in [0.15, 0.2) is 200 Å². The third-order valence-corrected chi connectivity index (χ3v) is 15.1. The lowest BCUT2D eigenvalue weighted by molar-refractivity contribution is 0.284. The molecule has 0 aromatic heterocycles. The highest BCUT2D eigenvalue weighted by Crippen LogP contribution is 2.61. The van der Waals surface area contributed by atoms with Crippen molar-refractivity contribution in [1.29, 1.82) is 0 Å². The van der Waals surface area contributed by atoms with Gasteiger partial charge in [-0.2, -0.15) is 0 Å². The number of allylic oxidation sites excluding steroid dienone is 2. The average molecular weight is 798 g/mol. The van der Waals surface area contributed by atoms with E-state index in [9.17, 15) is 0 Å². The third kappa shape index (κ3) is 5.67. The molecule has 8 aromatic carbocycles. The van der Waals surface area contributed by atoms with Crippen LogP contribution in [0.4, 0.5) is 17.1 Å². The molecule has 1 fully saturated rings. The highest BCUT2D eigenvalue weighted by atomic mass is 15.1. The van der Waals surface area contributed by atoms with Crippen molar-refractivity contribution in [2.45, 2.75) is 57.3 Å². The molecule has 0 radical (unpaired) electrons. The molecule has 1 heteroatoms. The Balaban J connectivity index is 0.901. The van der Waals surface area contributed by atoms with E-state index in [4.69, 9.17) is 0 Å². The largest absolute Gasteiger partial charge is 0.310 e. The van der Waals surface area contributed by atoms with Crippen LogP contribution in [0.1, 0.15) is 68.7 Å². The summed E-state index contributed by atoms with van der Waals surface area (Å²) in [6, 6.07) is 70.6. The predicted molar refractivity (Wildman–Crippen MR) is 260 cm³/mol. The van der Waals surface area contributed by atoms with Crippen molar-refractivity contribution in [1.82, 2.24) is 0 Å². The van der Waals surface area contributed by atoms with E-state index in [1.807, 2.05) is 0 Å². The summed E-state index contributed by atoms with van der Waals surface area (Å²) in [5, 5.41) is 0. The van der Waals surface area contributed by atoms with Crippen molar-refractivity contribution in [2.24, 2.45) is 11.8 Å². The third-order valence-electron chi connectivity index (χ3n) is 15.1. The number of anilines is 3. The average Bonchev–Trinajstić information content (AvgIpc) is 3.73. The second-order valence-corrected chi connectivity index (χ2v) is 19.0. The van der Waals surface area contributed by atoms with Gasteiger partial charge in [-0.25, -0.2) is 0 Å². The first-order valence-electron chi connectivity index (χ1n) is 22.7. The zero-order valence-corrected chi connectivity index (χ0v) is 35.9. The molecule has 2 bridgehead atoms. The molecule has 0 heterocycles. The summed E-state index contributed by atoms with van der Waals surface area (Å²) in [6.45, 7) is 7.15. The fraction of sp³-hybridized carbons (Fsp3) is 0.180. The topological polar surface area (TPSA) is 3.24 Å². The van der Waals surface area contributed by atoms with Crippen LogP contribution in [0.5, 0.6) is 0 Å². The van der Waals surface area contributed by atoms with Gasteiger partial charge in [0.15, 0.2) is 0 Å². The van der Waals surface area contributed by atoms with Gasteiger partial charge in [0.25, 0.3) is 0 Å². The first-order chi connectivity index (χ1) is 30.4. The van der Waals surface area contributed by atoms with Crippen LogP contribution in [0.2, 0.25) is 0 Å². The van der Waals surface area contributed by atoms with Crippen LogP contribution in [0.25, 0.3) is 55.6 Å². The predicted octanol–water partition coefficient (Wildman–Crippen LogP) is 16.5. The summed E-state index contributed by atoms with van der Waals surface area (Å²) in [4.78, 5) is 2.45. The quantitative estimate of drug-likeness (QED) is 0.152. The smallest absolute Gasteiger partial charge is 0.0540 e. The maximum atomic E-state index is 2.64. The molecule has 8 aromatic rings. The van der Waals surface area contributed by atoms with Gasteiger partial charge in [0.05, 0.1) is 5.69 Å². The number of nitrogens with zero attached hydrogens (tertiary/aromatic N) is 1. The summed E-state index contributed by atoms with van der Waals surface area (Å²) in [7, 11) is 0. The first kappa shape index (κ1) is 37.1. The van der Waals surface area contributed by atoms with Crippen molar-refractivity contribution in [3.05, 3.63) is 222 Å². The molecule has 1 saturated carbocycles. The van der Waals surface area contributed by atoms with E-state index < -0.39 is 0 Å². The highest BCUT2D eigenvalue weighted by Gasteiger charge is 2.49. The minimum atomic E-state index is -0.0973. The van der Waals surface area contributed by atoms with Crippen molar-refractivity contribution < 1.29 is 0 Å². The monoisotopic (exact) mass is 797 g/mol. The Morgan fingerprint density at radius 3 is 1.76 bits per heavy atom. The first-order valence-corrected chi connectivity index (χ1v) is 22.7. The molecule has 300 valence electrons. The lowest BCUT2D eigenvalue weighted by Crippen LogP contribution is -2.36. The van der Waals surface area contributed by atoms with Gasteiger partial charge in [-0.05, 0) is 146 Å². The molecule has 0 saturated heterocycles. The van der Waals surface area contributed by atoms with Crippen molar-refractivity contribution in [3.63, 3.8) is 0 Å². The van der Waals surface area contributed by atoms with Gasteiger partial charge in [0, 0.05) is 27.8 Å². The summed E-state index contributed by atoms with van der Waals surface area (Å²) in [5.74, 6) is 1.48. The van der Waals surface area contributed by atoms with Crippen molar-refractivity contribution in [3.8, 4) is 55.6 Å². The Kier molecular flexibility index (Phi) is 8.48. The van der Waals surface area contributed by atoms with E-state index >= 15 is 0 Å². The zero-order chi connectivity index (χ0) is 41.6. The van der Waals surface area contributed by atoms with Gasteiger partial charge in [-0.3, -0.25) is 0 Å². The molecule has 1 spiro atoms. The van der Waals surface area contributed by atoms with E-state index in [1.165, 1.54) is 104 Å². The van der Waals surface area contributed by atoms with Crippen molar-refractivity contribution in [2.75, 3.05) is 4.90 Å². The minimum Gasteiger partial charge on any atom is -0.310 e.